The molecule has 0 aliphatic heterocycles. The first kappa shape index (κ1) is 19.0. The summed E-state index contributed by atoms with van der Waals surface area (Å²) in [5.41, 5.74) is 3.55. The van der Waals surface area contributed by atoms with Gasteiger partial charge < -0.3 is 0 Å². The molecule has 0 saturated heterocycles. The summed E-state index contributed by atoms with van der Waals surface area (Å²) in [7, 11) is 0. The molecule has 29 heavy (non-hydrogen) atoms. The van der Waals surface area contributed by atoms with E-state index in [1.807, 2.05) is 53.5 Å². The molecule has 2 aromatic heterocycles. The molecule has 0 radical (unpaired) electrons. The van der Waals surface area contributed by atoms with Crippen LogP contribution in [0.1, 0.15) is 35.5 Å². The molecule has 6 nitrogen and oxygen atoms in total. The number of tetrazole rings is 1. The minimum absolute atomic E-state index is 0.0677. The molecule has 0 fully saturated rings. The van der Waals surface area contributed by atoms with Crippen molar-refractivity contribution in [3.05, 3.63) is 108 Å². The van der Waals surface area contributed by atoms with Gasteiger partial charge in [0.15, 0.2) is 5.82 Å². The van der Waals surface area contributed by atoms with E-state index >= 15 is 0 Å². The van der Waals surface area contributed by atoms with Gasteiger partial charge in [-0.05, 0) is 45.8 Å². The van der Waals surface area contributed by atoms with Gasteiger partial charge in [0.25, 0.3) is 0 Å². The molecule has 0 N–H and O–H groups in total. The molecule has 6 heteroatoms. The lowest BCUT2D eigenvalue weighted by atomic mass is 10.0. The van der Waals surface area contributed by atoms with Crippen LogP contribution in [0.5, 0.6) is 0 Å². The molecule has 0 saturated carbocycles. The van der Waals surface area contributed by atoms with E-state index in [0.717, 1.165) is 24.5 Å². The maximum Gasteiger partial charge on any atom is 0.173 e. The second-order valence-corrected chi connectivity index (χ2v) is 6.91. The minimum Gasteiger partial charge on any atom is -0.286 e. The first-order valence-corrected chi connectivity index (χ1v) is 9.83. The molecule has 4 aromatic rings. The van der Waals surface area contributed by atoms with Gasteiger partial charge in [-0.1, -0.05) is 67.6 Å². The molecule has 1 unspecified atom stereocenters. The Labute approximate surface area is 170 Å². The lowest BCUT2D eigenvalue weighted by Crippen LogP contribution is -2.31. The molecule has 146 valence electrons. The largest absolute Gasteiger partial charge is 0.286 e. The Bertz CT molecular complexity index is 1000. The van der Waals surface area contributed by atoms with Gasteiger partial charge in [-0.2, -0.15) is 0 Å². The van der Waals surface area contributed by atoms with Gasteiger partial charge in [0.1, 0.15) is 0 Å². The number of pyridine rings is 1. The van der Waals surface area contributed by atoms with E-state index in [0.29, 0.717) is 6.54 Å². The molecule has 2 aromatic carbocycles. The third kappa shape index (κ3) is 4.55. The number of nitrogens with zero attached hydrogens (tertiary/aromatic N) is 6. The van der Waals surface area contributed by atoms with Crippen LogP contribution < -0.4 is 0 Å². The highest BCUT2D eigenvalue weighted by atomic mass is 15.5. The standard InChI is InChI=1S/C23H24N6/c1-2-28(17-19-9-5-3-6-10-19)22(21-13-15-24-16-14-21)23-25-26-27-29(23)18-20-11-7-4-8-12-20/h3-16,22H,2,17-18H2,1H3. The van der Waals surface area contributed by atoms with Crippen molar-refractivity contribution in [1.82, 2.24) is 30.1 Å². The summed E-state index contributed by atoms with van der Waals surface area (Å²) in [5, 5.41) is 12.7. The monoisotopic (exact) mass is 384 g/mol. The van der Waals surface area contributed by atoms with Crippen molar-refractivity contribution in [3.63, 3.8) is 0 Å². The van der Waals surface area contributed by atoms with Crippen molar-refractivity contribution >= 4 is 0 Å². The third-order valence-corrected chi connectivity index (χ3v) is 5.00. The molecule has 0 bridgehead atoms. The molecule has 0 spiro atoms. The Kier molecular flexibility index (Phi) is 6.02. The normalized spacial score (nSPS) is 12.2. The fourth-order valence-electron chi connectivity index (χ4n) is 3.55. The zero-order valence-corrected chi connectivity index (χ0v) is 16.5. The molecule has 0 amide bonds. The summed E-state index contributed by atoms with van der Waals surface area (Å²) >= 11 is 0. The lowest BCUT2D eigenvalue weighted by Gasteiger charge is -2.30. The Morgan fingerprint density at radius 3 is 2.17 bits per heavy atom. The summed E-state index contributed by atoms with van der Waals surface area (Å²) in [6, 6.07) is 24.8. The second-order valence-electron chi connectivity index (χ2n) is 6.91. The second kappa shape index (κ2) is 9.21. The predicted molar refractivity (Wildman–Crippen MR) is 112 cm³/mol. The van der Waals surface area contributed by atoms with E-state index < -0.39 is 0 Å². The molecular formula is C23H24N6. The zero-order chi connectivity index (χ0) is 19.9. The Morgan fingerprint density at radius 1 is 0.862 bits per heavy atom. The van der Waals surface area contributed by atoms with Crippen LogP contribution >= 0.6 is 0 Å². The van der Waals surface area contributed by atoms with E-state index in [9.17, 15) is 0 Å². The van der Waals surface area contributed by atoms with E-state index in [4.69, 9.17) is 0 Å². The van der Waals surface area contributed by atoms with Crippen LogP contribution in [0.25, 0.3) is 0 Å². The van der Waals surface area contributed by atoms with Crippen molar-refractivity contribution in [2.24, 2.45) is 0 Å². The number of benzene rings is 2. The zero-order valence-electron chi connectivity index (χ0n) is 16.5. The van der Waals surface area contributed by atoms with Gasteiger partial charge in [0.05, 0.1) is 12.6 Å². The van der Waals surface area contributed by atoms with Crippen molar-refractivity contribution in [3.8, 4) is 0 Å². The van der Waals surface area contributed by atoms with Crippen LogP contribution in [0.2, 0.25) is 0 Å². The first-order valence-electron chi connectivity index (χ1n) is 9.83. The van der Waals surface area contributed by atoms with Crippen LogP contribution in [0.15, 0.2) is 85.2 Å². The van der Waals surface area contributed by atoms with Gasteiger partial charge >= 0.3 is 0 Å². The Morgan fingerprint density at radius 2 is 1.52 bits per heavy atom. The Hall–Kier alpha value is -3.38. The highest BCUT2D eigenvalue weighted by Gasteiger charge is 2.27. The van der Waals surface area contributed by atoms with Gasteiger partial charge in [-0.25, -0.2) is 4.68 Å². The fraction of sp³-hybridized carbons (Fsp3) is 0.217. The lowest BCUT2D eigenvalue weighted by molar-refractivity contribution is 0.215. The van der Waals surface area contributed by atoms with Crippen molar-refractivity contribution < 1.29 is 0 Å². The maximum absolute atomic E-state index is 4.44. The summed E-state index contributed by atoms with van der Waals surface area (Å²) in [4.78, 5) is 6.58. The maximum atomic E-state index is 4.44. The summed E-state index contributed by atoms with van der Waals surface area (Å²) in [6.07, 6.45) is 3.65. The quantitative estimate of drug-likeness (QED) is 0.463. The van der Waals surface area contributed by atoms with Crippen LogP contribution in [-0.4, -0.2) is 36.6 Å². The summed E-state index contributed by atoms with van der Waals surface area (Å²) < 4.78 is 1.90. The highest BCUT2D eigenvalue weighted by Crippen LogP contribution is 2.28. The summed E-state index contributed by atoms with van der Waals surface area (Å²) in [5.74, 6) is 0.831. The van der Waals surface area contributed by atoms with E-state index in [-0.39, 0.29) is 6.04 Å². The minimum atomic E-state index is -0.0677. The van der Waals surface area contributed by atoms with Crippen LogP contribution in [0.4, 0.5) is 0 Å². The van der Waals surface area contributed by atoms with E-state index in [1.54, 1.807) is 0 Å². The third-order valence-electron chi connectivity index (χ3n) is 5.00. The van der Waals surface area contributed by atoms with Crippen LogP contribution in [-0.2, 0) is 13.1 Å². The van der Waals surface area contributed by atoms with Gasteiger partial charge in [0, 0.05) is 18.9 Å². The molecular weight excluding hydrogens is 360 g/mol. The predicted octanol–water partition coefficient (Wildman–Crippen LogP) is 3.73. The van der Waals surface area contributed by atoms with Gasteiger partial charge in [-0.15, -0.1) is 5.10 Å². The number of aromatic nitrogens is 5. The Balaban J connectivity index is 1.71. The van der Waals surface area contributed by atoms with Gasteiger partial charge in [-0.3, -0.25) is 9.88 Å². The van der Waals surface area contributed by atoms with E-state index in [2.05, 4.69) is 68.7 Å². The molecule has 2 heterocycles. The molecule has 4 rings (SSSR count). The summed E-state index contributed by atoms with van der Waals surface area (Å²) in [6.45, 7) is 4.47. The first-order chi connectivity index (χ1) is 14.3. The van der Waals surface area contributed by atoms with Crippen molar-refractivity contribution in [2.75, 3.05) is 6.54 Å². The van der Waals surface area contributed by atoms with Crippen molar-refractivity contribution in [2.45, 2.75) is 26.1 Å². The molecule has 0 aliphatic carbocycles. The van der Waals surface area contributed by atoms with Crippen LogP contribution in [0, 0.1) is 0 Å². The van der Waals surface area contributed by atoms with Crippen molar-refractivity contribution in [1.29, 1.82) is 0 Å². The van der Waals surface area contributed by atoms with E-state index in [1.165, 1.54) is 11.1 Å². The average molecular weight is 384 g/mol. The number of hydrogen-bond acceptors (Lipinski definition) is 5. The van der Waals surface area contributed by atoms with Crippen LogP contribution in [0.3, 0.4) is 0 Å². The number of rotatable bonds is 8. The SMILES string of the molecule is CCN(Cc1ccccc1)C(c1ccncc1)c1nnnn1Cc1ccccc1. The van der Waals surface area contributed by atoms with Gasteiger partial charge in [0.2, 0.25) is 0 Å². The smallest absolute Gasteiger partial charge is 0.173 e. The highest BCUT2D eigenvalue weighted by molar-refractivity contribution is 5.24. The fourth-order valence-corrected chi connectivity index (χ4v) is 3.55. The topological polar surface area (TPSA) is 59.7 Å². The molecule has 0 aliphatic rings. The average Bonchev–Trinajstić information content (AvgIpc) is 3.23. The molecule has 1 atom stereocenters. The number of hydrogen-bond donors (Lipinski definition) is 0.